The van der Waals surface area contributed by atoms with Crippen LogP contribution in [0.2, 0.25) is 0 Å². The molecule has 1 aromatic heterocycles. The maximum absolute atomic E-state index is 12.7. The van der Waals surface area contributed by atoms with Crippen molar-refractivity contribution in [1.82, 2.24) is 14.5 Å². The fraction of sp³-hybridized carbons (Fsp3) is 0.417. The highest BCUT2D eigenvalue weighted by atomic mass is 16.5. The van der Waals surface area contributed by atoms with Crippen LogP contribution < -0.4 is 10.4 Å². The Hall–Kier alpha value is -2.86. The number of benzene rings is 2. The van der Waals surface area contributed by atoms with Crippen LogP contribution in [0.1, 0.15) is 44.2 Å². The number of aryl methyl sites for hydroxylation is 1. The van der Waals surface area contributed by atoms with Gasteiger partial charge < -0.3 is 9.84 Å². The first-order valence-corrected chi connectivity index (χ1v) is 10.9. The molecule has 1 aliphatic heterocycles. The van der Waals surface area contributed by atoms with Gasteiger partial charge in [-0.05, 0) is 81.5 Å². The third kappa shape index (κ3) is 3.45. The summed E-state index contributed by atoms with van der Waals surface area (Å²) in [4.78, 5) is 19.4. The quantitative estimate of drug-likeness (QED) is 0.707. The molecular weight excluding hydrogens is 378 g/mol. The lowest BCUT2D eigenvalue weighted by Gasteiger charge is -2.44. The van der Waals surface area contributed by atoms with E-state index in [-0.39, 0.29) is 17.7 Å². The molecular formula is C24H27N3O3. The Labute approximate surface area is 175 Å². The molecule has 1 unspecified atom stereocenters. The number of hydrogen-bond acceptors (Lipinski definition) is 5. The van der Waals surface area contributed by atoms with E-state index < -0.39 is 0 Å². The van der Waals surface area contributed by atoms with E-state index in [1.807, 2.05) is 31.2 Å². The standard InChI is InChI=1S/C24H27N3O3/c1-16-21-15-19(28)10-13-22(21)25-24(29)27(16)18-8-11-20(12-9-18)30-23-7-2-3-14-26(23)17-5-4-6-17/h8-13,15,17,23,28H,2-7,14H2,1H3. The lowest BCUT2D eigenvalue weighted by atomic mass is 9.89. The van der Waals surface area contributed by atoms with Gasteiger partial charge in [0.2, 0.25) is 0 Å². The molecule has 1 aliphatic carbocycles. The van der Waals surface area contributed by atoms with Gasteiger partial charge in [0.1, 0.15) is 11.5 Å². The summed E-state index contributed by atoms with van der Waals surface area (Å²) in [6, 6.07) is 13.2. The van der Waals surface area contributed by atoms with Crippen molar-refractivity contribution in [1.29, 1.82) is 0 Å². The van der Waals surface area contributed by atoms with Crippen molar-refractivity contribution >= 4 is 10.9 Å². The van der Waals surface area contributed by atoms with E-state index in [9.17, 15) is 9.90 Å². The lowest BCUT2D eigenvalue weighted by Crippen LogP contribution is -2.51. The molecule has 5 rings (SSSR count). The number of aromatic nitrogens is 2. The number of aromatic hydroxyl groups is 1. The largest absolute Gasteiger partial charge is 0.508 e. The van der Waals surface area contributed by atoms with Gasteiger partial charge >= 0.3 is 5.69 Å². The fourth-order valence-electron chi connectivity index (χ4n) is 4.65. The van der Waals surface area contributed by atoms with Crippen molar-refractivity contribution in [2.45, 2.75) is 57.7 Å². The van der Waals surface area contributed by atoms with Gasteiger partial charge in [-0.25, -0.2) is 4.79 Å². The Morgan fingerprint density at radius 1 is 1.03 bits per heavy atom. The molecule has 0 amide bonds. The number of rotatable bonds is 4. The minimum Gasteiger partial charge on any atom is -0.508 e. The zero-order chi connectivity index (χ0) is 20.7. The Bertz CT molecular complexity index is 1120. The molecule has 2 fully saturated rings. The monoisotopic (exact) mass is 405 g/mol. The Kier molecular flexibility index (Phi) is 4.95. The molecule has 1 atom stereocenters. The minimum atomic E-state index is -0.331. The summed E-state index contributed by atoms with van der Waals surface area (Å²) in [6.07, 6.45) is 7.56. The van der Waals surface area contributed by atoms with Crippen LogP contribution in [0.3, 0.4) is 0 Å². The summed E-state index contributed by atoms with van der Waals surface area (Å²) in [5.41, 5.74) is 1.74. The molecule has 156 valence electrons. The van der Waals surface area contributed by atoms with Crippen molar-refractivity contribution in [3.63, 3.8) is 0 Å². The molecule has 30 heavy (non-hydrogen) atoms. The van der Waals surface area contributed by atoms with Gasteiger partial charge in [-0.2, -0.15) is 4.98 Å². The van der Waals surface area contributed by atoms with Gasteiger partial charge in [-0.3, -0.25) is 9.47 Å². The van der Waals surface area contributed by atoms with E-state index in [1.54, 1.807) is 22.8 Å². The smallest absolute Gasteiger partial charge is 0.352 e. The molecule has 1 N–H and O–H groups in total. The van der Waals surface area contributed by atoms with Gasteiger partial charge in [0.15, 0.2) is 6.23 Å². The number of nitrogens with zero attached hydrogens (tertiary/aromatic N) is 3. The molecule has 6 heteroatoms. The van der Waals surface area contributed by atoms with Crippen LogP contribution in [0.25, 0.3) is 16.6 Å². The highest BCUT2D eigenvalue weighted by Crippen LogP contribution is 2.32. The Morgan fingerprint density at radius 2 is 1.83 bits per heavy atom. The molecule has 2 aromatic carbocycles. The summed E-state index contributed by atoms with van der Waals surface area (Å²) < 4.78 is 7.93. The first kappa shape index (κ1) is 19.1. The highest BCUT2D eigenvalue weighted by molar-refractivity contribution is 5.82. The molecule has 0 spiro atoms. The van der Waals surface area contributed by atoms with Crippen LogP contribution >= 0.6 is 0 Å². The predicted octanol–water partition coefficient (Wildman–Crippen LogP) is 4.14. The van der Waals surface area contributed by atoms with Gasteiger partial charge in [0.05, 0.1) is 11.2 Å². The maximum Gasteiger partial charge on any atom is 0.352 e. The van der Waals surface area contributed by atoms with Crippen molar-refractivity contribution in [3.8, 4) is 17.2 Å². The highest BCUT2D eigenvalue weighted by Gasteiger charge is 2.33. The van der Waals surface area contributed by atoms with Crippen LogP contribution in [0.5, 0.6) is 11.5 Å². The fourth-order valence-corrected chi connectivity index (χ4v) is 4.65. The predicted molar refractivity (Wildman–Crippen MR) is 116 cm³/mol. The number of phenols is 1. The van der Waals surface area contributed by atoms with Gasteiger partial charge in [0, 0.05) is 23.7 Å². The second kappa shape index (κ2) is 7.76. The zero-order valence-electron chi connectivity index (χ0n) is 17.3. The minimum absolute atomic E-state index is 0.143. The van der Waals surface area contributed by atoms with Crippen LogP contribution in [0.4, 0.5) is 0 Å². The van der Waals surface area contributed by atoms with Crippen LogP contribution in [0.15, 0.2) is 47.3 Å². The lowest BCUT2D eigenvalue weighted by molar-refractivity contribution is -0.0523. The van der Waals surface area contributed by atoms with E-state index >= 15 is 0 Å². The molecule has 0 bridgehead atoms. The molecule has 3 aromatic rings. The number of piperidine rings is 1. The van der Waals surface area contributed by atoms with Gasteiger partial charge in [0.25, 0.3) is 0 Å². The van der Waals surface area contributed by atoms with Crippen molar-refractivity contribution in [2.24, 2.45) is 0 Å². The molecule has 2 heterocycles. The summed E-state index contributed by atoms with van der Waals surface area (Å²) in [5.74, 6) is 0.983. The first-order valence-electron chi connectivity index (χ1n) is 10.9. The average Bonchev–Trinajstić information content (AvgIpc) is 2.70. The number of hydrogen-bond donors (Lipinski definition) is 1. The van der Waals surface area contributed by atoms with Crippen molar-refractivity contribution in [2.75, 3.05) is 6.54 Å². The van der Waals surface area contributed by atoms with Crippen LogP contribution in [0, 0.1) is 6.92 Å². The Morgan fingerprint density at radius 3 is 2.57 bits per heavy atom. The van der Waals surface area contributed by atoms with E-state index in [0.29, 0.717) is 11.6 Å². The van der Waals surface area contributed by atoms with Crippen molar-refractivity contribution in [3.05, 3.63) is 58.6 Å². The third-order valence-electron chi connectivity index (χ3n) is 6.51. The molecule has 6 nitrogen and oxygen atoms in total. The second-order valence-corrected chi connectivity index (χ2v) is 8.40. The third-order valence-corrected chi connectivity index (χ3v) is 6.51. The van der Waals surface area contributed by atoms with Gasteiger partial charge in [-0.15, -0.1) is 0 Å². The Balaban J connectivity index is 1.42. The topological polar surface area (TPSA) is 67.6 Å². The van der Waals surface area contributed by atoms with E-state index in [0.717, 1.165) is 35.5 Å². The average molecular weight is 405 g/mol. The van der Waals surface area contributed by atoms with Crippen LogP contribution in [-0.4, -0.2) is 38.4 Å². The molecule has 2 aliphatic rings. The van der Waals surface area contributed by atoms with E-state index in [4.69, 9.17) is 4.74 Å². The zero-order valence-corrected chi connectivity index (χ0v) is 17.3. The molecule has 1 saturated carbocycles. The van der Waals surface area contributed by atoms with Crippen molar-refractivity contribution < 1.29 is 9.84 Å². The number of fused-ring (bicyclic) bond motifs is 1. The second-order valence-electron chi connectivity index (χ2n) is 8.40. The summed E-state index contributed by atoms with van der Waals surface area (Å²) in [6.45, 7) is 2.99. The number of ether oxygens (including phenoxy) is 1. The SMILES string of the molecule is Cc1c2cc(O)ccc2nc(=O)n1-c1ccc(OC2CCCCN2C2CCC2)cc1. The summed E-state index contributed by atoms with van der Waals surface area (Å²) in [5, 5.41) is 10.6. The normalized spacial score (nSPS) is 20.2. The number of likely N-dealkylation sites (tertiary alicyclic amines) is 1. The molecule has 0 radical (unpaired) electrons. The number of phenolic OH excluding ortho intramolecular Hbond substituents is 1. The summed E-state index contributed by atoms with van der Waals surface area (Å²) in [7, 11) is 0. The first-order chi connectivity index (χ1) is 14.6. The van der Waals surface area contributed by atoms with E-state index in [2.05, 4.69) is 9.88 Å². The maximum atomic E-state index is 12.7. The summed E-state index contributed by atoms with van der Waals surface area (Å²) >= 11 is 0. The van der Waals surface area contributed by atoms with Gasteiger partial charge in [-0.1, -0.05) is 6.42 Å². The molecule has 1 saturated heterocycles. The van der Waals surface area contributed by atoms with Crippen LogP contribution in [-0.2, 0) is 0 Å². The van der Waals surface area contributed by atoms with E-state index in [1.165, 1.54) is 32.1 Å².